The third-order valence-corrected chi connectivity index (χ3v) is 3.89. The zero-order chi connectivity index (χ0) is 15.4. The lowest BCUT2D eigenvalue weighted by molar-refractivity contribution is -0.115. The third kappa shape index (κ3) is 5.13. The number of amides is 1. The second kappa shape index (κ2) is 9.52. The first kappa shape index (κ1) is 20.3. The summed E-state index contributed by atoms with van der Waals surface area (Å²) in [6.45, 7) is 2.74. The first-order chi connectivity index (χ1) is 10.7. The van der Waals surface area contributed by atoms with Crippen LogP contribution in [0, 0.1) is 0 Å². The molecule has 2 aromatic rings. The lowest BCUT2D eigenvalue weighted by Crippen LogP contribution is -2.25. The predicted molar refractivity (Wildman–Crippen MR) is 105 cm³/mol. The summed E-state index contributed by atoms with van der Waals surface area (Å²) in [5.41, 5.74) is 4.40. The average Bonchev–Trinajstić information content (AvgIpc) is 2.89. The van der Waals surface area contributed by atoms with Gasteiger partial charge in [-0.3, -0.25) is 4.79 Å². The number of nitrogens with zero attached hydrogens (tertiary/aromatic N) is 1. The molecule has 0 saturated heterocycles. The Balaban J connectivity index is 0.00000144. The molecule has 1 aliphatic heterocycles. The first-order valence-electron chi connectivity index (χ1n) is 7.60. The zero-order valence-corrected chi connectivity index (χ0v) is 15.3. The van der Waals surface area contributed by atoms with Gasteiger partial charge in [-0.05, 0) is 24.7 Å². The predicted octanol–water partition coefficient (Wildman–Crippen LogP) is 3.57. The van der Waals surface area contributed by atoms with E-state index >= 15 is 0 Å². The van der Waals surface area contributed by atoms with Crippen LogP contribution in [0.4, 0.5) is 11.4 Å². The van der Waals surface area contributed by atoms with Gasteiger partial charge in [0, 0.05) is 36.6 Å². The van der Waals surface area contributed by atoms with E-state index in [0.29, 0.717) is 6.42 Å². The van der Waals surface area contributed by atoms with Crippen LogP contribution in [0.25, 0.3) is 0 Å². The van der Waals surface area contributed by atoms with E-state index in [9.17, 15) is 4.79 Å². The SMILES string of the molecule is CN(CCNc1cccc2c1CC(=O)N2)Cc1ccccc1.Cl.Cl. The van der Waals surface area contributed by atoms with Crippen molar-refractivity contribution in [3.8, 4) is 0 Å². The summed E-state index contributed by atoms with van der Waals surface area (Å²) in [4.78, 5) is 13.8. The van der Waals surface area contributed by atoms with Crippen molar-refractivity contribution < 1.29 is 4.79 Å². The molecular formula is C18H23Cl2N3O. The van der Waals surface area contributed by atoms with E-state index in [0.717, 1.165) is 36.6 Å². The second-order valence-electron chi connectivity index (χ2n) is 5.71. The van der Waals surface area contributed by atoms with E-state index in [-0.39, 0.29) is 30.7 Å². The molecule has 0 atom stereocenters. The Labute approximate surface area is 155 Å². The fraction of sp³-hybridized carbons (Fsp3) is 0.278. The van der Waals surface area contributed by atoms with Gasteiger partial charge in [0.25, 0.3) is 0 Å². The van der Waals surface area contributed by atoms with Crippen LogP contribution in [0.5, 0.6) is 0 Å². The standard InChI is InChI=1S/C18H21N3O.2ClH/c1-21(13-14-6-3-2-4-7-14)11-10-19-16-8-5-9-17-15(16)12-18(22)20-17;;/h2-9,19H,10-13H2,1H3,(H,20,22);2*1H. The highest BCUT2D eigenvalue weighted by Crippen LogP contribution is 2.29. The van der Waals surface area contributed by atoms with Crippen molar-refractivity contribution in [1.29, 1.82) is 0 Å². The molecule has 0 spiro atoms. The van der Waals surface area contributed by atoms with Gasteiger partial charge in [0.05, 0.1) is 6.42 Å². The number of fused-ring (bicyclic) bond motifs is 1. The number of rotatable bonds is 6. The second-order valence-corrected chi connectivity index (χ2v) is 5.71. The molecule has 24 heavy (non-hydrogen) atoms. The number of carbonyl (C=O) groups excluding carboxylic acids is 1. The fourth-order valence-electron chi connectivity index (χ4n) is 2.77. The van der Waals surface area contributed by atoms with E-state index in [2.05, 4.69) is 46.8 Å². The number of nitrogens with one attached hydrogen (secondary N) is 2. The molecule has 3 rings (SSSR count). The molecule has 1 aliphatic rings. The number of halogens is 2. The summed E-state index contributed by atoms with van der Waals surface area (Å²) in [7, 11) is 2.12. The highest BCUT2D eigenvalue weighted by Gasteiger charge is 2.20. The Bertz CT molecular complexity index is 665. The lowest BCUT2D eigenvalue weighted by atomic mass is 10.1. The highest BCUT2D eigenvalue weighted by atomic mass is 35.5. The van der Waals surface area contributed by atoms with Gasteiger partial charge in [-0.15, -0.1) is 24.8 Å². The molecule has 0 bridgehead atoms. The zero-order valence-electron chi connectivity index (χ0n) is 13.6. The molecule has 0 fully saturated rings. The van der Waals surface area contributed by atoms with Crippen LogP contribution in [0.1, 0.15) is 11.1 Å². The Kier molecular flexibility index (Phi) is 8.05. The van der Waals surface area contributed by atoms with Crippen LogP contribution in [0.15, 0.2) is 48.5 Å². The Morgan fingerprint density at radius 3 is 2.58 bits per heavy atom. The minimum Gasteiger partial charge on any atom is -0.383 e. The molecule has 0 saturated carbocycles. The lowest BCUT2D eigenvalue weighted by Gasteiger charge is -2.18. The van der Waals surface area contributed by atoms with Crippen LogP contribution in [-0.2, 0) is 17.8 Å². The highest BCUT2D eigenvalue weighted by molar-refractivity contribution is 6.01. The summed E-state index contributed by atoms with van der Waals surface area (Å²) in [6, 6.07) is 16.4. The van der Waals surface area contributed by atoms with Gasteiger partial charge in [0.15, 0.2) is 0 Å². The average molecular weight is 368 g/mol. The quantitative estimate of drug-likeness (QED) is 0.820. The smallest absolute Gasteiger partial charge is 0.228 e. The van der Waals surface area contributed by atoms with Gasteiger partial charge >= 0.3 is 0 Å². The molecule has 0 aromatic heterocycles. The van der Waals surface area contributed by atoms with Gasteiger partial charge in [-0.25, -0.2) is 0 Å². The number of hydrogen-bond acceptors (Lipinski definition) is 3. The Morgan fingerprint density at radius 2 is 1.83 bits per heavy atom. The van der Waals surface area contributed by atoms with E-state index in [4.69, 9.17) is 0 Å². The van der Waals surface area contributed by atoms with Crippen molar-refractivity contribution in [3.05, 3.63) is 59.7 Å². The molecule has 1 heterocycles. The largest absolute Gasteiger partial charge is 0.383 e. The molecule has 2 N–H and O–H groups in total. The topological polar surface area (TPSA) is 44.4 Å². The van der Waals surface area contributed by atoms with Crippen LogP contribution in [0.3, 0.4) is 0 Å². The summed E-state index contributed by atoms with van der Waals surface area (Å²) in [6.07, 6.45) is 0.471. The minimum atomic E-state index is 0. The van der Waals surface area contributed by atoms with Gasteiger partial charge in [-0.2, -0.15) is 0 Å². The Hall–Kier alpha value is -1.75. The molecule has 0 unspecified atom stereocenters. The van der Waals surface area contributed by atoms with E-state index < -0.39 is 0 Å². The third-order valence-electron chi connectivity index (χ3n) is 3.89. The summed E-state index contributed by atoms with van der Waals surface area (Å²) < 4.78 is 0. The number of likely N-dealkylation sites (N-methyl/N-ethyl adjacent to an activating group) is 1. The molecule has 1 amide bonds. The van der Waals surface area contributed by atoms with Crippen molar-refractivity contribution in [2.75, 3.05) is 30.8 Å². The molecule has 6 heteroatoms. The maximum Gasteiger partial charge on any atom is 0.228 e. The van der Waals surface area contributed by atoms with Crippen molar-refractivity contribution in [2.45, 2.75) is 13.0 Å². The summed E-state index contributed by atoms with van der Waals surface area (Å²) >= 11 is 0. The van der Waals surface area contributed by atoms with Gasteiger partial charge in [0.1, 0.15) is 0 Å². The van der Waals surface area contributed by atoms with Crippen molar-refractivity contribution in [3.63, 3.8) is 0 Å². The molecule has 0 aliphatic carbocycles. The normalized spacial score (nSPS) is 12.0. The molecule has 4 nitrogen and oxygen atoms in total. The molecule has 2 aromatic carbocycles. The summed E-state index contributed by atoms with van der Waals surface area (Å²) in [5, 5.41) is 6.33. The van der Waals surface area contributed by atoms with Crippen molar-refractivity contribution in [1.82, 2.24) is 4.90 Å². The van der Waals surface area contributed by atoms with Crippen molar-refractivity contribution in [2.24, 2.45) is 0 Å². The number of carbonyl (C=O) groups is 1. The van der Waals surface area contributed by atoms with E-state index in [1.54, 1.807) is 0 Å². The fourth-order valence-corrected chi connectivity index (χ4v) is 2.77. The van der Waals surface area contributed by atoms with Crippen LogP contribution >= 0.6 is 24.8 Å². The summed E-state index contributed by atoms with van der Waals surface area (Å²) in [5.74, 6) is 0.0745. The maximum absolute atomic E-state index is 11.5. The van der Waals surface area contributed by atoms with Crippen LogP contribution in [-0.4, -0.2) is 30.9 Å². The van der Waals surface area contributed by atoms with E-state index in [1.165, 1.54) is 5.56 Å². The van der Waals surface area contributed by atoms with Gasteiger partial charge in [-0.1, -0.05) is 36.4 Å². The van der Waals surface area contributed by atoms with Crippen LogP contribution in [0.2, 0.25) is 0 Å². The Morgan fingerprint density at radius 1 is 1.08 bits per heavy atom. The molecule has 0 radical (unpaired) electrons. The van der Waals surface area contributed by atoms with E-state index in [1.807, 2.05) is 24.3 Å². The van der Waals surface area contributed by atoms with Crippen molar-refractivity contribution >= 4 is 42.1 Å². The van der Waals surface area contributed by atoms with Gasteiger partial charge in [0.2, 0.25) is 5.91 Å². The van der Waals surface area contributed by atoms with Crippen LogP contribution < -0.4 is 10.6 Å². The monoisotopic (exact) mass is 367 g/mol. The number of benzene rings is 2. The minimum absolute atomic E-state index is 0. The maximum atomic E-state index is 11.5. The number of anilines is 2. The molecular weight excluding hydrogens is 345 g/mol. The number of hydrogen-bond donors (Lipinski definition) is 2. The molecule has 130 valence electrons. The van der Waals surface area contributed by atoms with Gasteiger partial charge < -0.3 is 15.5 Å². The first-order valence-corrected chi connectivity index (χ1v) is 7.60.